The number of carbonyl (C=O) groups is 1. The highest BCUT2D eigenvalue weighted by Crippen LogP contribution is 2.25. The van der Waals surface area contributed by atoms with E-state index in [1.165, 1.54) is 17.5 Å². The van der Waals surface area contributed by atoms with Gasteiger partial charge in [0.05, 0.1) is 0 Å². The minimum absolute atomic E-state index is 0.165. The van der Waals surface area contributed by atoms with E-state index in [0.29, 0.717) is 5.92 Å². The lowest BCUT2D eigenvalue weighted by atomic mass is 9.83. The fourth-order valence-electron chi connectivity index (χ4n) is 2.81. The number of hydrogen-bond donors (Lipinski definition) is 1. The van der Waals surface area contributed by atoms with Crippen molar-refractivity contribution in [3.63, 3.8) is 0 Å². The molecule has 1 aromatic carbocycles. The molecule has 1 N–H and O–H groups in total. The summed E-state index contributed by atoms with van der Waals surface area (Å²) in [5, 5.41) is 4.15. The average Bonchev–Trinajstić information content (AvgIpc) is 2.50. The maximum atomic E-state index is 12.2. The van der Waals surface area contributed by atoms with E-state index >= 15 is 0 Å². The van der Waals surface area contributed by atoms with Crippen LogP contribution in [0.1, 0.15) is 37.3 Å². The van der Waals surface area contributed by atoms with E-state index in [0.717, 1.165) is 37.6 Å². The molecule has 2 atom stereocenters. The Morgan fingerprint density at radius 3 is 2.90 bits per heavy atom. The molecule has 0 aliphatic heterocycles. The molecule has 1 aliphatic carbocycles. The first-order chi connectivity index (χ1) is 9.70. The van der Waals surface area contributed by atoms with Gasteiger partial charge >= 0.3 is 0 Å². The summed E-state index contributed by atoms with van der Waals surface area (Å²) in [6, 6.07) is 8.50. The van der Waals surface area contributed by atoms with Gasteiger partial charge in [-0.2, -0.15) is 0 Å². The van der Waals surface area contributed by atoms with E-state index in [9.17, 15) is 4.79 Å². The monoisotopic (exact) mass is 337 g/mol. The number of fused-ring (bicyclic) bond motifs is 1. The summed E-state index contributed by atoms with van der Waals surface area (Å²) < 4.78 is 0. The molecule has 1 aromatic rings. The first-order valence-electron chi connectivity index (χ1n) is 7.61. The number of halogens is 1. The van der Waals surface area contributed by atoms with Gasteiger partial charge < -0.3 is 5.32 Å². The predicted molar refractivity (Wildman–Crippen MR) is 87.2 cm³/mol. The zero-order valence-corrected chi connectivity index (χ0v) is 13.8. The Labute approximate surface area is 130 Å². The van der Waals surface area contributed by atoms with Crippen LogP contribution >= 0.6 is 15.9 Å². The highest BCUT2D eigenvalue weighted by atomic mass is 79.9. The van der Waals surface area contributed by atoms with Gasteiger partial charge in [-0.1, -0.05) is 47.1 Å². The van der Waals surface area contributed by atoms with Crippen molar-refractivity contribution in [2.75, 3.05) is 11.9 Å². The quantitative estimate of drug-likeness (QED) is 0.622. The van der Waals surface area contributed by atoms with Gasteiger partial charge in [0.2, 0.25) is 5.91 Å². The van der Waals surface area contributed by atoms with Gasteiger partial charge in [0.1, 0.15) is 0 Å². The third-order valence-corrected chi connectivity index (χ3v) is 5.26. The van der Waals surface area contributed by atoms with Crippen molar-refractivity contribution >= 4 is 21.8 Å². The molecule has 0 saturated heterocycles. The number of rotatable bonds is 6. The molecule has 2 rings (SSSR count). The maximum Gasteiger partial charge on any atom is 0.223 e. The van der Waals surface area contributed by atoms with Crippen molar-refractivity contribution in [2.24, 2.45) is 11.8 Å². The Morgan fingerprint density at radius 1 is 1.40 bits per heavy atom. The maximum absolute atomic E-state index is 12.2. The van der Waals surface area contributed by atoms with Crippen LogP contribution in [0.25, 0.3) is 0 Å². The summed E-state index contributed by atoms with van der Waals surface area (Å²) in [6.45, 7) is 3.04. The fraction of sp³-hybridized carbons (Fsp3) is 0.588. The summed E-state index contributed by atoms with van der Waals surface area (Å²) in [5.41, 5.74) is 2.77. The summed E-state index contributed by atoms with van der Waals surface area (Å²) in [6.07, 6.45) is 5.16. The van der Waals surface area contributed by atoms with Gasteiger partial charge in [-0.15, -0.1) is 0 Å². The molecule has 0 heterocycles. The van der Waals surface area contributed by atoms with Crippen LogP contribution in [0.3, 0.4) is 0 Å². The SMILES string of the molecule is CC(CBr)CCCNC(=O)C1CCc2ccccc2C1. The molecule has 1 aliphatic rings. The molecule has 0 saturated carbocycles. The lowest BCUT2D eigenvalue weighted by Gasteiger charge is -2.23. The normalized spacial score (nSPS) is 19.2. The van der Waals surface area contributed by atoms with Crippen LogP contribution in [-0.4, -0.2) is 17.8 Å². The molecule has 0 radical (unpaired) electrons. The summed E-state index contributed by atoms with van der Waals surface area (Å²) in [4.78, 5) is 12.2. The van der Waals surface area contributed by atoms with E-state index < -0.39 is 0 Å². The van der Waals surface area contributed by atoms with Crippen LogP contribution < -0.4 is 5.32 Å². The van der Waals surface area contributed by atoms with Gasteiger partial charge in [0.25, 0.3) is 0 Å². The second kappa shape index (κ2) is 7.82. The first kappa shape index (κ1) is 15.6. The average molecular weight is 338 g/mol. The molecule has 2 nitrogen and oxygen atoms in total. The van der Waals surface area contributed by atoms with Gasteiger partial charge in [0, 0.05) is 17.8 Å². The Balaban J connectivity index is 1.74. The van der Waals surface area contributed by atoms with Crippen LogP contribution in [0.15, 0.2) is 24.3 Å². The van der Waals surface area contributed by atoms with E-state index in [-0.39, 0.29) is 11.8 Å². The summed E-state index contributed by atoms with van der Waals surface area (Å²) >= 11 is 3.49. The molecule has 0 fully saturated rings. The molecule has 0 aromatic heterocycles. The van der Waals surface area contributed by atoms with Crippen LogP contribution in [0, 0.1) is 11.8 Å². The van der Waals surface area contributed by atoms with E-state index in [2.05, 4.69) is 52.4 Å². The lowest BCUT2D eigenvalue weighted by Crippen LogP contribution is -2.34. The van der Waals surface area contributed by atoms with E-state index in [1.807, 2.05) is 0 Å². The van der Waals surface area contributed by atoms with Gasteiger partial charge in [-0.25, -0.2) is 0 Å². The molecular weight excluding hydrogens is 314 g/mol. The second-order valence-electron chi connectivity index (χ2n) is 5.90. The Kier molecular flexibility index (Phi) is 6.08. The third kappa shape index (κ3) is 4.34. The van der Waals surface area contributed by atoms with Crippen molar-refractivity contribution in [3.05, 3.63) is 35.4 Å². The Hall–Kier alpha value is -0.830. The summed E-state index contributed by atoms with van der Waals surface area (Å²) in [7, 11) is 0. The van der Waals surface area contributed by atoms with Crippen molar-refractivity contribution < 1.29 is 4.79 Å². The van der Waals surface area contributed by atoms with Gasteiger partial charge in [-0.3, -0.25) is 4.79 Å². The zero-order chi connectivity index (χ0) is 14.4. The molecule has 3 heteroatoms. The van der Waals surface area contributed by atoms with E-state index in [1.54, 1.807) is 0 Å². The molecule has 20 heavy (non-hydrogen) atoms. The molecule has 2 unspecified atom stereocenters. The number of amides is 1. The third-order valence-electron chi connectivity index (χ3n) is 4.15. The molecule has 1 amide bonds. The van der Waals surface area contributed by atoms with Gasteiger partial charge in [-0.05, 0) is 49.1 Å². The van der Waals surface area contributed by atoms with Crippen LogP contribution in [-0.2, 0) is 17.6 Å². The first-order valence-corrected chi connectivity index (χ1v) is 8.73. The predicted octanol–water partition coefficient (Wildman–Crippen LogP) is 3.72. The van der Waals surface area contributed by atoms with Crippen LogP contribution in [0.5, 0.6) is 0 Å². The molecule has 110 valence electrons. The standard InChI is InChI=1S/C17H24BrNO/c1-13(12-18)5-4-10-19-17(20)16-9-8-14-6-2-3-7-15(14)11-16/h2-3,6-7,13,16H,4-5,8-12H2,1H3,(H,19,20). The molecule has 0 spiro atoms. The highest BCUT2D eigenvalue weighted by Gasteiger charge is 2.23. The largest absolute Gasteiger partial charge is 0.356 e. The van der Waals surface area contributed by atoms with Crippen molar-refractivity contribution in [1.82, 2.24) is 5.32 Å². The lowest BCUT2D eigenvalue weighted by molar-refractivity contribution is -0.125. The van der Waals surface area contributed by atoms with Crippen LogP contribution in [0.4, 0.5) is 0 Å². The fourth-order valence-corrected chi connectivity index (χ4v) is 3.13. The number of carbonyl (C=O) groups excluding carboxylic acids is 1. The minimum atomic E-state index is 0.165. The number of alkyl halides is 1. The Morgan fingerprint density at radius 2 is 2.15 bits per heavy atom. The number of benzene rings is 1. The van der Waals surface area contributed by atoms with Gasteiger partial charge in [0.15, 0.2) is 0 Å². The number of hydrogen-bond acceptors (Lipinski definition) is 1. The van der Waals surface area contributed by atoms with Crippen molar-refractivity contribution in [3.8, 4) is 0 Å². The Bertz CT molecular complexity index is 446. The molecular formula is C17H24BrNO. The number of nitrogens with one attached hydrogen (secondary N) is 1. The number of aryl methyl sites for hydroxylation is 1. The van der Waals surface area contributed by atoms with Crippen LogP contribution in [0.2, 0.25) is 0 Å². The van der Waals surface area contributed by atoms with Crippen molar-refractivity contribution in [2.45, 2.75) is 39.0 Å². The van der Waals surface area contributed by atoms with Crippen molar-refractivity contribution in [1.29, 1.82) is 0 Å². The topological polar surface area (TPSA) is 29.1 Å². The smallest absolute Gasteiger partial charge is 0.223 e. The highest BCUT2D eigenvalue weighted by molar-refractivity contribution is 9.09. The zero-order valence-electron chi connectivity index (χ0n) is 12.2. The second-order valence-corrected chi connectivity index (χ2v) is 6.55. The minimum Gasteiger partial charge on any atom is -0.356 e. The van der Waals surface area contributed by atoms with E-state index in [4.69, 9.17) is 0 Å². The summed E-state index contributed by atoms with van der Waals surface area (Å²) in [5.74, 6) is 1.10. The molecule has 0 bridgehead atoms.